The fourth-order valence-electron chi connectivity index (χ4n) is 0.785. The van der Waals surface area contributed by atoms with Gasteiger partial charge in [0, 0.05) is 24.1 Å². The molecule has 0 aliphatic carbocycles. The minimum Gasteiger partial charge on any atom is -0.396 e. The molecule has 0 aromatic heterocycles. The van der Waals surface area contributed by atoms with Gasteiger partial charge in [-0.15, -0.1) is 0 Å². The van der Waals surface area contributed by atoms with Crippen molar-refractivity contribution in [3.63, 3.8) is 0 Å². The van der Waals surface area contributed by atoms with E-state index in [9.17, 15) is 8.42 Å². The molecule has 0 aliphatic rings. The number of aliphatic hydroxyl groups is 1. The van der Waals surface area contributed by atoms with E-state index in [-0.39, 0.29) is 13.2 Å². The molecule has 0 radical (unpaired) electrons. The van der Waals surface area contributed by atoms with Crippen molar-refractivity contribution in [1.82, 2.24) is 9.44 Å². The second kappa shape index (κ2) is 4.78. The van der Waals surface area contributed by atoms with Gasteiger partial charge in [0.1, 0.15) is 0 Å². The molecule has 0 unspecified atom stereocenters. The summed E-state index contributed by atoms with van der Waals surface area (Å²) in [5, 5.41) is 8.97. The Labute approximate surface area is 92.4 Å². The van der Waals surface area contributed by atoms with Crippen molar-refractivity contribution in [2.45, 2.75) is 40.2 Å². The quantitative estimate of drug-likeness (QED) is 0.641. The zero-order valence-electron chi connectivity index (χ0n) is 10.1. The third-order valence-electron chi connectivity index (χ3n) is 1.61. The zero-order valence-corrected chi connectivity index (χ0v) is 10.9. The van der Waals surface area contributed by atoms with Gasteiger partial charge >= 0.3 is 0 Å². The summed E-state index contributed by atoms with van der Waals surface area (Å²) < 4.78 is 27.9. The summed E-state index contributed by atoms with van der Waals surface area (Å²) in [4.78, 5) is 0. The first-order valence-corrected chi connectivity index (χ1v) is 6.35. The highest BCUT2D eigenvalue weighted by molar-refractivity contribution is 7.87. The lowest BCUT2D eigenvalue weighted by atomic mass is 9.96. The molecule has 0 aliphatic heterocycles. The van der Waals surface area contributed by atoms with Gasteiger partial charge in [0.2, 0.25) is 0 Å². The number of hydrogen-bond donors (Lipinski definition) is 3. The molecule has 0 heterocycles. The Hall–Kier alpha value is -0.170. The number of aliphatic hydroxyl groups excluding tert-OH is 1. The van der Waals surface area contributed by atoms with E-state index in [0.717, 1.165) is 0 Å². The Morgan fingerprint density at radius 2 is 1.60 bits per heavy atom. The molecule has 15 heavy (non-hydrogen) atoms. The van der Waals surface area contributed by atoms with E-state index in [2.05, 4.69) is 9.44 Å². The lowest BCUT2D eigenvalue weighted by molar-refractivity contribution is 0.163. The number of rotatable bonds is 5. The van der Waals surface area contributed by atoms with Crippen LogP contribution in [-0.2, 0) is 10.2 Å². The van der Waals surface area contributed by atoms with Crippen molar-refractivity contribution in [3.05, 3.63) is 0 Å². The highest BCUT2D eigenvalue weighted by Crippen LogP contribution is 2.12. The molecular formula is C9H22N2O3S. The third-order valence-corrected chi connectivity index (χ3v) is 3.01. The number of nitrogens with one attached hydrogen (secondary N) is 2. The molecule has 0 fully saturated rings. The molecule has 0 rings (SSSR count). The van der Waals surface area contributed by atoms with Gasteiger partial charge in [-0.2, -0.15) is 13.1 Å². The standard InChI is InChI=1S/C9H22N2O3S/c1-8(2,3)11-15(13,14)10-6-9(4,5)7-12/h10-12H,6-7H2,1-5H3. The molecule has 0 saturated heterocycles. The normalized spacial score (nSPS) is 14.3. The predicted molar refractivity (Wildman–Crippen MR) is 60.7 cm³/mol. The average molecular weight is 238 g/mol. The summed E-state index contributed by atoms with van der Waals surface area (Å²) in [6.45, 7) is 9.01. The summed E-state index contributed by atoms with van der Waals surface area (Å²) in [6.07, 6.45) is 0. The Morgan fingerprint density at radius 3 is 1.93 bits per heavy atom. The van der Waals surface area contributed by atoms with Crippen LogP contribution < -0.4 is 9.44 Å². The van der Waals surface area contributed by atoms with Crippen molar-refractivity contribution in [3.8, 4) is 0 Å². The summed E-state index contributed by atoms with van der Waals surface area (Å²) in [5.74, 6) is 0. The first-order valence-electron chi connectivity index (χ1n) is 4.87. The first-order chi connectivity index (χ1) is 6.47. The van der Waals surface area contributed by atoms with Gasteiger partial charge in [-0.1, -0.05) is 13.8 Å². The van der Waals surface area contributed by atoms with Gasteiger partial charge in [-0.3, -0.25) is 0 Å². The van der Waals surface area contributed by atoms with Crippen LogP contribution in [0, 0.1) is 5.41 Å². The van der Waals surface area contributed by atoms with E-state index < -0.39 is 21.2 Å². The molecule has 0 amide bonds. The van der Waals surface area contributed by atoms with Crippen molar-refractivity contribution in [1.29, 1.82) is 0 Å². The highest BCUT2D eigenvalue weighted by Gasteiger charge is 2.23. The van der Waals surface area contributed by atoms with Crippen molar-refractivity contribution >= 4 is 10.2 Å². The van der Waals surface area contributed by atoms with E-state index in [4.69, 9.17) is 5.11 Å². The topological polar surface area (TPSA) is 78.4 Å². The SMILES string of the molecule is CC(C)(CO)CNS(=O)(=O)NC(C)(C)C. The Kier molecular flexibility index (Phi) is 4.72. The monoisotopic (exact) mass is 238 g/mol. The van der Waals surface area contributed by atoms with Crippen LogP contribution in [0.25, 0.3) is 0 Å². The minimum absolute atomic E-state index is 0.0644. The Morgan fingerprint density at radius 1 is 1.13 bits per heavy atom. The van der Waals surface area contributed by atoms with Crippen LogP contribution >= 0.6 is 0 Å². The van der Waals surface area contributed by atoms with E-state index in [1.807, 2.05) is 0 Å². The van der Waals surface area contributed by atoms with E-state index in [1.54, 1.807) is 34.6 Å². The van der Waals surface area contributed by atoms with Crippen molar-refractivity contribution < 1.29 is 13.5 Å². The maximum atomic E-state index is 11.5. The third kappa shape index (κ3) is 7.72. The van der Waals surface area contributed by atoms with Crippen molar-refractivity contribution in [2.24, 2.45) is 5.41 Å². The summed E-state index contributed by atoms with van der Waals surface area (Å²) in [6, 6.07) is 0. The van der Waals surface area contributed by atoms with E-state index in [1.165, 1.54) is 0 Å². The van der Waals surface area contributed by atoms with Gasteiger partial charge in [0.15, 0.2) is 0 Å². The van der Waals surface area contributed by atoms with Crippen LogP contribution in [0.15, 0.2) is 0 Å². The van der Waals surface area contributed by atoms with Crippen LogP contribution in [0.3, 0.4) is 0 Å². The maximum Gasteiger partial charge on any atom is 0.277 e. The zero-order chi connectivity index (χ0) is 12.3. The smallest absolute Gasteiger partial charge is 0.277 e. The van der Waals surface area contributed by atoms with Gasteiger partial charge in [0.05, 0.1) is 0 Å². The van der Waals surface area contributed by atoms with Crippen molar-refractivity contribution in [2.75, 3.05) is 13.2 Å². The van der Waals surface area contributed by atoms with E-state index >= 15 is 0 Å². The largest absolute Gasteiger partial charge is 0.396 e. The molecule has 0 aromatic rings. The van der Waals surface area contributed by atoms with Crippen LogP contribution in [0.4, 0.5) is 0 Å². The van der Waals surface area contributed by atoms with Gasteiger partial charge < -0.3 is 5.11 Å². The lowest BCUT2D eigenvalue weighted by Crippen LogP contribution is -2.49. The lowest BCUT2D eigenvalue weighted by Gasteiger charge is -2.25. The van der Waals surface area contributed by atoms with E-state index in [0.29, 0.717) is 0 Å². The van der Waals surface area contributed by atoms with Gasteiger partial charge in [-0.25, -0.2) is 4.72 Å². The molecule has 0 atom stereocenters. The molecule has 5 nitrogen and oxygen atoms in total. The summed E-state index contributed by atoms with van der Waals surface area (Å²) in [5.41, 5.74) is -0.957. The molecule has 0 bridgehead atoms. The van der Waals surface area contributed by atoms with Gasteiger partial charge in [0.25, 0.3) is 10.2 Å². The highest BCUT2D eigenvalue weighted by atomic mass is 32.2. The average Bonchev–Trinajstić information content (AvgIpc) is 1.97. The molecule has 92 valence electrons. The Bertz CT molecular complexity index is 291. The second-order valence-electron chi connectivity index (χ2n) is 5.50. The molecule has 0 spiro atoms. The fourth-order valence-corrected chi connectivity index (χ4v) is 2.24. The fraction of sp³-hybridized carbons (Fsp3) is 1.00. The second-order valence-corrected chi connectivity index (χ2v) is 7.00. The molecular weight excluding hydrogens is 216 g/mol. The molecule has 6 heteroatoms. The summed E-state index contributed by atoms with van der Waals surface area (Å²) in [7, 11) is -3.49. The summed E-state index contributed by atoms with van der Waals surface area (Å²) >= 11 is 0. The minimum atomic E-state index is -3.49. The van der Waals surface area contributed by atoms with Crippen LogP contribution in [0.1, 0.15) is 34.6 Å². The molecule has 3 N–H and O–H groups in total. The van der Waals surface area contributed by atoms with Crippen LogP contribution in [-0.4, -0.2) is 32.2 Å². The predicted octanol–water partition coefficient (Wildman–Crippen LogP) is 0.227. The first kappa shape index (κ1) is 14.8. The van der Waals surface area contributed by atoms with Crippen LogP contribution in [0.2, 0.25) is 0 Å². The molecule has 0 saturated carbocycles. The number of hydrogen-bond acceptors (Lipinski definition) is 3. The maximum absolute atomic E-state index is 11.5. The van der Waals surface area contributed by atoms with Crippen LogP contribution in [0.5, 0.6) is 0 Å². The van der Waals surface area contributed by atoms with Gasteiger partial charge in [-0.05, 0) is 20.8 Å². The molecule has 0 aromatic carbocycles. The Balaban J connectivity index is 4.30.